The van der Waals surface area contributed by atoms with Gasteiger partial charge in [-0.05, 0) is 97.1 Å². The molecule has 0 N–H and O–H groups in total. The molecular weight excluding hydrogens is 775 g/mol. The Bertz CT molecular complexity index is 3580. The van der Waals surface area contributed by atoms with Gasteiger partial charge in [0.25, 0.3) is 0 Å². The van der Waals surface area contributed by atoms with Crippen molar-refractivity contribution in [3.05, 3.63) is 249 Å². The zero-order valence-electron chi connectivity index (χ0n) is 35.0. The summed E-state index contributed by atoms with van der Waals surface area (Å²) in [6.45, 7) is 0. The van der Waals surface area contributed by atoms with Gasteiger partial charge in [0.05, 0.1) is 5.52 Å². The second-order valence-corrected chi connectivity index (χ2v) is 16.5. The topological polar surface area (TPSA) is 18.1 Å². The first-order chi connectivity index (χ1) is 31.7. The molecule has 0 spiro atoms. The number of rotatable bonds is 8. The van der Waals surface area contributed by atoms with Gasteiger partial charge in [-0.1, -0.05) is 212 Å². The maximum atomic E-state index is 6.41. The smallest absolute Gasteiger partial charge is 0.143 e. The molecule has 0 radical (unpaired) electrons. The lowest BCUT2D eigenvalue weighted by Gasteiger charge is -2.09. The van der Waals surface area contributed by atoms with Crippen LogP contribution in [0.15, 0.2) is 253 Å². The monoisotopic (exact) mass is 815 g/mol. The highest BCUT2D eigenvalue weighted by atomic mass is 16.3. The summed E-state index contributed by atoms with van der Waals surface area (Å²) < 4.78 is 8.75. The Labute approximate surface area is 372 Å². The maximum Gasteiger partial charge on any atom is 0.143 e. The van der Waals surface area contributed by atoms with E-state index >= 15 is 0 Å². The molecule has 0 amide bonds. The van der Waals surface area contributed by atoms with Crippen LogP contribution in [0.2, 0.25) is 0 Å². The van der Waals surface area contributed by atoms with Gasteiger partial charge in [-0.3, -0.25) is 0 Å². The van der Waals surface area contributed by atoms with Gasteiger partial charge >= 0.3 is 0 Å². The number of nitrogens with zero attached hydrogens (tertiary/aromatic N) is 1. The van der Waals surface area contributed by atoms with Crippen molar-refractivity contribution in [2.45, 2.75) is 0 Å². The van der Waals surface area contributed by atoms with E-state index in [4.69, 9.17) is 4.42 Å². The number of hydrogen-bond donors (Lipinski definition) is 0. The van der Waals surface area contributed by atoms with Gasteiger partial charge in [0, 0.05) is 39.2 Å². The fourth-order valence-corrected chi connectivity index (χ4v) is 9.30. The van der Waals surface area contributed by atoms with E-state index < -0.39 is 0 Å². The molecule has 0 atom stereocenters. The van der Waals surface area contributed by atoms with E-state index in [-0.39, 0.29) is 0 Å². The van der Waals surface area contributed by atoms with Crippen LogP contribution in [0.25, 0.3) is 116 Å². The van der Waals surface area contributed by atoms with Crippen molar-refractivity contribution in [3.8, 4) is 83.6 Å². The molecule has 12 aromatic rings. The average Bonchev–Trinajstić information content (AvgIpc) is 3.96. The Morgan fingerprint density at radius 1 is 0.266 bits per heavy atom. The molecule has 0 fully saturated rings. The Morgan fingerprint density at radius 3 is 1.22 bits per heavy atom. The number of furan rings is 1. The summed E-state index contributed by atoms with van der Waals surface area (Å²) in [7, 11) is 0. The van der Waals surface area contributed by atoms with Crippen LogP contribution in [0.1, 0.15) is 0 Å². The summed E-state index contributed by atoms with van der Waals surface area (Å²) in [5.41, 5.74) is 20.7. The van der Waals surface area contributed by atoms with Gasteiger partial charge < -0.3 is 8.98 Å². The van der Waals surface area contributed by atoms with E-state index in [0.717, 1.165) is 44.3 Å². The SMILES string of the molecule is c1ccc(-c2ccc(-c3ccc(-c4ccc5c(c4)c(-c4ccc(-c6ccc(-c7ccccc7)cc6)cc4)cn5-c4ccc(-c5cccc6c5oc5ccccc56)cc4)cc3)cc2)cc1. The predicted octanol–water partition coefficient (Wildman–Crippen LogP) is 17.2. The first-order valence-corrected chi connectivity index (χ1v) is 21.9. The first kappa shape index (κ1) is 37.3. The number of benzene rings is 10. The Kier molecular flexibility index (Phi) is 9.20. The Morgan fingerprint density at radius 2 is 0.672 bits per heavy atom. The minimum absolute atomic E-state index is 0.908. The highest BCUT2D eigenvalue weighted by molar-refractivity contribution is 6.09. The zero-order valence-corrected chi connectivity index (χ0v) is 35.0. The van der Waals surface area contributed by atoms with Crippen molar-refractivity contribution in [2.24, 2.45) is 0 Å². The normalized spacial score (nSPS) is 11.4. The van der Waals surface area contributed by atoms with Crippen molar-refractivity contribution in [2.75, 3.05) is 0 Å². The minimum Gasteiger partial charge on any atom is -0.455 e. The summed E-state index contributed by atoms with van der Waals surface area (Å²) in [5, 5.41) is 3.48. The van der Waals surface area contributed by atoms with Crippen LogP contribution in [0, 0.1) is 0 Å². The van der Waals surface area contributed by atoms with E-state index in [2.05, 4.69) is 241 Å². The molecule has 2 nitrogen and oxygen atoms in total. The lowest BCUT2D eigenvalue weighted by atomic mass is 9.96. The lowest BCUT2D eigenvalue weighted by Crippen LogP contribution is -1.92. The van der Waals surface area contributed by atoms with E-state index in [1.165, 1.54) is 72.1 Å². The Balaban J connectivity index is 0.902. The predicted molar refractivity (Wildman–Crippen MR) is 269 cm³/mol. The van der Waals surface area contributed by atoms with Crippen LogP contribution in [-0.4, -0.2) is 4.57 Å². The number of fused-ring (bicyclic) bond motifs is 4. The van der Waals surface area contributed by atoms with Gasteiger partial charge in [-0.15, -0.1) is 0 Å². The van der Waals surface area contributed by atoms with Gasteiger partial charge in [0.2, 0.25) is 0 Å². The molecule has 2 heterocycles. The summed E-state index contributed by atoms with van der Waals surface area (Å²) in [5.74, 6) is 0. The summed E-state index contributed by atoms with van der Waals surface area (Å²) in [6, 6.07) is 87.3. The summed E-state index contributed by atoms with van der Waals surface area (Å²) in [4.78, 5) is 0. The van der Waals surface area contributed by atoms with Crippen LogP contribution >= 0.6 is 0 Å². The molecule has 0 aliphatic carbocycles. The highest BCUT2D eigenvalue weighted by Crippen LogP contribution is 2.39. The summed E-state index contributed by atoms with van der Waals surface area (Å²) in [6.07, 6.45) is 2.30. The van der Waals surface area contributed by atoms with Crippen LogP contribution in [0.4, 0.5) is 0 Å². The molecule has 2 aromatic heterocycles. The second-order valence-electron chi connectivity index (χ2n) is 16.5. The largest absolute Gasteiger partial charge is 0.455 e. The van der Waals surface area contributed by atoms with E-state index in [1.807, 2.05) is 12.1 Å². The van der Waals surface area contributed by atoms with Crippen molar-refractivity contribution < 1.29 is 4.42 Å². The molecule has 0 saturated heterocycles. The van der Waals surface area contributed by atoms with Crippen molar-refractivity contribution in [3.63, 3.8) is 0 Å². The third kappa shape index (κ3) is 6.79. The van der Waals surface area contributed by atoms with E-state index in [0.29, 0.717) is 0 Å². The molecule has 10 aromatic carbocycles. The minimum atomic E-state index is 0.908. The molecule has 0 aliphatic heterocycles. The van der Waals surface area contributed by atoms with Crippen molar-refractivity contribution in [1.29, 1.82) is 0 Å². The quantitative estimate of drug-likeness (QED) is 0.149. The molecule has 0 saturated carbocycles. The van der Waals surface area contributed by atoms with Crippen LogP contribution in [-0.2, 0) is 0 Å². The standard InChI is InChI=1S/C62H41NO/c1-3-10-42(11-4-1)44-18-22-46(23-19-44)48-26-28-50(29-27-48)53-36-39-60-58(40-53)59(52-32-30-49(31-33-52)47-24-20-45(21-25-47)43-12-5-2-6-13-43)41-63(60)54-37-34-51(35-38-54)55-15-9-16-57-56-14-7-8-17-61(56)64-62(55)57/h1-41H. The molecule has 300 valence electrons. The fourth-order valence-electron chi connectivity index (χ4n) is 9.30. The molecule has 12 rings (SSSR count). The highest BCUT2D eigenvalue weighted by Gasteiger charge is 2.16. The van der Waals surface area contributed by atoms with Crippen molar-refractivity contribution in [1.82, 2.24) is 4.57 Å². The van der Waals surface area contributed by atoms with Crippen LogP contribution in [0.3, 0.4) is 0 Å². The van der Waals surface area contributed by atoms with Gasteiger partial charge in [-0.25, -0.2) is 0 Å². The number of para-hydroxylation sites is 2. The van der Waals surface area contributed by atoms with Crippen LogP contribution < -0.4 is 0 Å². The Hall–Kier alpha value is -8.46. The average molecular weight is 816 g/mol. The maximum absolute atomic E-state index is 6.41. The second kappa shape index (κ2) is 15.8. The third-order valence-corrected chi connectivity index (χ3v) is 12.7. The fraction of sp³-hybridized carbons (Fsp3) is 0. The third-order valence-electron chi connectivity index (χ3n) is 12.7. The first-order valence-electron chi connectivity index (χ1n) is 21.9. The molecule has 2 heteroatoms. The van der Waals surface area contributed by atoms with E-state index in [1.54, 1.807) is 0 Å². The molecular formula is C62H41NO. The molecule has 0 aliphatic rings. The molecule has 0 unspecified atom stereocenters. The number of hydrogen-bond acceptors (Lipinski definition) is 1. The number of aromatic nitrogens is 1. The summed E-state index contributed by atoms with van der Waals surface area (Å²) >= 11 is 0. The van der Waals surface area contributed by atoms with Crippen molar-refractivity contribution >= 4 is 32.8 Å². The molecule has 0 bridgehead atoms. The van der Waals surface area contributed by atoms with Gasteiger partial charge in [0.1, 0.15) is 11.2 Å². The zero-order chi connectivity index (χ0) is 42.4. The van der Waals surface area contributed by atoms with E-state index in [9.17, 15) is 0 Å². The van der Waals surface area contributed by atoms with Gasteiger partial charge in [0.15, 0.2) is 0 Å². The molecule has 64 heavy (non-hydrogen) atoms. The van der Waals surface area contributed by atoms with Gasteiger partial charge in [-0.2, -0.15) is 0 Å². The lowest BCUT2D eigenvalue weighted by molar-refractivity contribution is 0.670. The van der Waals surface area contributed by atoms with Crippen LogP contribution in [0.5, 0.6) is 0 Å².